The predicted molar refractivity (Wildman–Crippen MR) is 105 cm³/mol. The lowest BCUT2D eigenvalue weighted by molar-refractivity contribution is -0.161. The number of aromatic amines is 1. The van der Waals surface area contributed by atoms with Crippen molar-refractivity contribution in [2.24, 2.45) is 5.92 Å². The molecule has 150 valence electrons. The molecule has 1 saturated heterocycles. The summed E-state index contributed by atoms with van der Waals surface area (Å²) in [5.74, 6) is 1.30. The van der Waals surface area contributed by atoms with Crippen LogP contribution < -0.4 is 0 Å². The fraction of sp³-hybridized carbons (Fsp3) is 0.571. The molecule has 1 aliphatic heterocycles. The number of carbonyl (C=O) groups excluding carboxylic acids is 2. The SMILES string of the molecule is O=CN(O)C[C@@](C=O)(CC1CCCC1)N1CCC[C@H]1c1nc2ccccc2[nH]1. The molecular formula is C21H28N4O3. The lowest BCUT2D eigenvalue weighted by Crippen LogP contribution is -2.57. The largest absolute Gasteiger partial charge is 0.341 e. The maximum atomic E-state index is 12.5. The summed E-state index contributed by atoms with van der Waals surface area (Å²) in [7, 11) is 0. The molecule has 2 fully saturated rings. The molecule has 2 atom stereocenters. The number of amides is 1. The summed E-state index contributed by atoms with van der Waals surface area (Å²) in [6, 6.07) is 7.88. The van der Waals surface area contributed by atoms with Crippen molar-refractivity contribution in [1.29, 1.82) is 0 Å². The van der Waals surface area contributed by atoms with E-state index in [9.17, 15) is 14.8 Å². The molecule has 1 aromatic heterocycles. The van der Waals surface area contributed by atoms with Gasteiger partial charge in [-0.2, -0.15) is 0 Å². The van der Waals surface area contributed by atoms with Crippen LogP contribution in [0.4, 0.5) is 0 Å². The average Bonchev–Trinajstić information content (AvgIpc) is 3.46. The quantitative estimate of drug-likeness (QED) is 0.415. The molecule has 0 radical (unpaired) electrons. The van der Waals surface area contributed by atoms with Gasteiger partial charge < -0.3 is 9.78 Å². The second-order valence-electron chi connectivity index (χ2n) is 8.27. The molecule has 28 heavy (non-hydrogen) atoms. The number of nitrogens with zero attached hydrogens (tertiary/aromatic N) is 3. The van der Waals surface area contributed by atoms with Crippen molar-refractivity contribution in [3.05, 3.63) is 30.1 Å². The zero-order chi connectivity index (χ0) is 19.6. The average molecular weight is 384 g/mol. The van der Waals surface area contributed by atoms with Gasteiger partial charge in [-0.15, -0.1) is 0 Å². The number of hydrogen-bond acceptors (Lipinski definition) is 5. The Morgan fingerprint density at radius 3 is 2.71 bits per heavy atom. The first-order chi connectivity index (χ1) is 13.6. The predicted octanol–water partition coefficient (Wildman–Crippen LogP) is 3.07. The normalized spacial score (nSPS) is 23.1. The van der Waals surface area contributed by atoms with Crippen molar-refractivity contribution >= 4 is 23.7 Å². The summed E-state index contributed by atoms with van der Waals surface area (Å²) in [5.41, 5.74) is 0.993. The molecular weight excluding hydrogens is 356 g/mol. The van der Waals surface area contributed by atoms with Crippen LogP contribution in [0.1, 0.15) is 56.8 Å². The smallest absolute Gasteiger partial charge is 0.233 e. The number of hydrogen-bond donors (Lipinski definition) is 2. The molecule has 2 N–H and O–H groups in total. The van der Waals surface area contributed by atoms with Gasteiger partial charge >= 0.3 is 0 Å². The van der Waals surface area contributed by atoms with Crippen LogP contribution in [0.15, 0.2) is 24.3 Å². The molecule has 2 heterocycles. The molecule has 1 aromatic carbocycles. The van der Waals surface area contributed by atoms with E-state index in [1.807, 2.05) is 24.3 Å². The van der Waals surface area contributed by atoms with E-state index in [-0.39, 0.29) is 12.6 Å². The maximum absolute atomic E-state index is 12.5. The second kappa shape index (κ2) is 8.01. The number of aldehydes is 1. The van der Waals surface area contributed by atoms with E-state index in [1.54, 1.807) is 0 Å². The Morgan fingerprint density at radius 2 is 2.00 bits per heavy atom. The number of likely N-dealkylation sites (tertiary alicyclic amines) is 1. The number of imidazole rings is 1. The Balaban J connectivity index is 1.68. The number of carbonyl (C=O) groups is 2. The summed E-state index contributed by atoms with van der Waals surface area (Å²) in [6.07, 6.45) is 8.43. The highest BCUT2D eigenvalue weighted by molar-refractivity contribution is 5.75. The van der Waals surface area contributed by atoms with Crippen molar-refractivity contribution in [1.82, 2.24) is 19.9 Å². The van der Waals surface area contributed by atoms with Crippen LogP contribution in [-0.4, -0.2) is 56.5 Å². The van der Waals surface area contributed by atoms with E-state index in [0.29, 0.717) is 23.8 Å². The maximum Gasteiger partial charge on any atom is 0.233 e. The number of fused-ring (bicyclic) bond motifs is 1. The Morgan fingerprint density at radius 1 is 1.21 bits per heavy atom. The zero-order valence-electron chi connectivity index (χ0n) is 16.1. The first-order valence-corrected chi connectivity index (χ1v) is 10.2. The van der Waals surface area contributed by atoms with E-state index in [0.717, 1.165) is 55.4 Å². The number of H-pyrrole nitrogens is 1. The van der Waals surface area contributed by atoms with Crippen molar-refractivity contribution in [2.75, 3.05) is 13.1 Å². The molecule has 0 unspecified atom stereocenters. The molecule has 7 nitrogen and oxygen atoms in total. The highest BCUT2D eigenvalue weighted by Crippen LogP contribution is 2.41. The van der Waals surface area contributed by atoms with Gasteiger partial charge in [0.1, 0.15) is 12.1 Å². The number of rotatable bonds is 8. The van der Waals surface area contributed by atoms with E-state index < -0.39 is 5.54 Å². The second-order valence-corrected chi connectivity index (χ2v) is 8.27. The first-order valence-electron chi connectivity index (χ1n) is 10.2. The summed E-state index contributed by atoms with van der Waals surface area (Å²) >= 11 is 0. The van der Waals surface area contributed by atoms with Crippen molar-refractivity contribution in [3.63, 3.8) is 0 Å². The van der Waals surface area contributed by atoms with Crippen LogP contribution in [-0.2, 0) is 9.59 Å². The van der Waals surface area contributed by atoms with E-state index >= 15 is 0 Å². The van der Waals surface area contributed by atoms with E-state index in [4.69, 9.17) is 4.98 Å². The van der Waals surface area contributed by atoms with Gasteiger partial charge in [0.15, 0.2) is 0 Å². The number of nitrogens with one attached hydrogen (secondary N) is 1. The highest BCUT2D eigenvalue weighted by atomic mass is 16.5. The topological polar surface area (TPSA) is 89.5 Å². The molecule has 1 amide bonds. The third-order valence-corrected chi connectivity index (χ3v) is 6.44. The van der Waals surface area contributed by atoms with Crippen LogP contribution in [0.5, 0.6) is 0 Å². The van der Waals surface area contributed by atoms with Crippen LogP contribution in [0.25, 0.3) is 11.0 Å². The number of hydroxylamine groups is 2. The summed E-state index contributed by atoms with van der Waals surface area (Å²) in [5, 5.41) is 10.6. The third-order valence-electron chi connectivity index (χ3n) is 6.44. The Hall–Kier alpha value is -2.25. The van der Waals surface area contributed by atoms with Gasteiger partial charge in [-0.3, -0.25) is 14.9 Å². The summed E-state index contributed by atoms with van der Waals surface area (Å²) in [6.45, 7) is 0.743. The molecule has 4 rings (SSSR count). The minimum Gasteiger partial charge on any atom is -0.341 e. The molecule has 1 saturated carbocycles. The van der Waals surface area contributed by atoms with Crippen LogP contribution in [0, 0.1) is 5.92 Å². The fourth-order valence-corrected chi connectivity index (χ4v) is 5.17. The monoisotopic (exact) mass is 384 g/mol. The fourth-order valence-electron chi connectivity index (χ4n) is 5.17. The Labute approximate surface area is 164 Å². The Bertz CT molecular complexity index is 799. The number of benzene rings is 1. The van der Waals surface area contributed by atoms with E-state index in [1.165, 1.54) is 12.8 Å². The molecule has 0 spiro atoms. The van der Waals surface area contributed by atoms with E-state index in [2.05, 4.69) is 9.88 Å². The van der Waals surface area contributed by atoms with Crippen molar-refractivity contribution in [3.8, 4) is 0 Å². The lowest BCUT2D eigenvalue weighted by Gasteiger charge is -2.42. The molecule has 7 heteroatoms. The number of para-hydroxylation sites is 2. The van der Waals surface area contributed by atoms with Crippen LogP contribution >= 0.6 is 0 Å². The van der Waals surface area contributed by atoms with Gasteiger partial charge in [0.25, 0.3) is 0 Å². The summed E-state index contributed by atoms with van der Waals surface area (Å²) < 4.78 is 0. The molecule has 2 aromatic rings. The standard InChI is InChI=1S/C21H28N4O3/c26-14-21(13-24(28)15-27,12-16-6-1-2-7-16)25-11-5-10-19(25)20-22-17-8-3-4-9-18(17)23-20/h3-4,8-9,14-16,19,28H,1-2,5-7,10-13H2,(H,22,23)/t19-,21+/m0/s1. The van der Waals surface area contributed by atoms with Gasteiger partial charge in [-0.1, -0.05) is 37.8 Å². The third kappa shape index (κ3) is 3.56. The molecule has 2 aliphatic rings. The molecule has 1 aliphatic carbocycles. The van der Waals surface area contributed by atoms with Gasteiger partial charge in [-0.25, -0.2) is 10.0 Å². The van der Waals surface area contributed by atoms with Gasteiger partial charge in [-0.05, 0) is 43.9 Å². The minimum absolute atomic E-state index is 0.00672. The zero-order valence-corrected chi connectivity index (χ0v) is 16.1. The summed E-state index contributed by atoms with van der Waals surface area (Å²) in [4.78, 5) is 34.0. The van der Waals surface area contributed by atoms with Gasteiger partial charge in [0, 0.05) is 0 Å². The van der Waals surface area contributed by atoms with Crippen LogP contribution in [0.3, 0.4) is 0 Å². The van der Waals surface area contributed by atoms with Gasteiger partial charge in [0.05, 0.1) is 29.2 Å². The lowest BCUT2D eigenvalue weighted by atomic mass is 9.85. The van der Waals surface area contributed by atoms with Crippen molar-refractivity contribution < 1.29 is 14.8 Å². The highest BCUT2D eigenvalue weighted by Gasteiger charge is 2.46. The van der Waals surface area contributed by atoms with Gasteiger partial charge in [0.2, 0.25) is 6.41 Å². The Kier molecular flexibility index (Phi) is 5.46. The van der Waals surface area contributed by atoms with Crippen molar-refractivity contribution in [2.45, 2.75) is 56.5 Å². The minimum atomic E-state index is -0.898. The number of aromatic nitrogens is 2. The first kappa shape index (κ1) is 19.1. The molecule has 0 bridgehead atoms. The van der Waals surface area contributed by atoms with Crippen LogP contribution in [0.2, 0.25) is 0 Å².